The third-order valence-corrected chi connectivity index (χ3v) is 2.49. The first-order chi connectivity index (χ1) is 9.49. The number of para-hydroxylation sites is 1. The van der Waals surface area contributed by atoms with E-state index in [-0.39, 0.29) is 11.4 Å². The lowest BCUT2D eigenvalue weighted by molar-refractivity contribution is -0.386. The van der Waals surface area contributed by atoms with Crippen LogP contribution in [0.3, 0.4) is 0 Å². The van der Waals surface area contributed by atoms with Gasteiger partial charge in [0.2, 0.25) is 0 Å². The highest BCUT2D eigenvalue weighted by Gasteiger charge is 2.18. The number of nitrogens with zero attached hydrogens (tertiary/aromatic N) is 1. The van der Waals surface area contributed by atoms with E-state index in [2.05, 4.69) is 4.98 Å². The van der Waals surface area contributed by atoms with Crippen LogP contribution in [0.25, 0.3) is 12.2 Å². The van der Waals surface area contributed by atoms with Crippen LogP contribution >= 0.6 is 0 Å². The van der Waals surface area contributed by atoms with Crippen LogP contribution in [-0.4, -0.2) is 20.0 Å². The van der Waals surface area contributed by atoms with Crippen molar-refractivity contribution in [2.75, 3.05) is 0 Å². The average molecular weight is 275 g/mol. The molecular formula is C12H9N3O5. The van der Waals surface area contributed by atoms with Gasteiger partial charge in [0.05, 0.1) is 4.92 Å². The molecule has 2 aromatic rings. The summed E-state index contributed by atoms with van der Waals surface area (Å²) in [5.41, 5.74) is -2.56. The summed E-state index contributed by atoms with van der Waals surface area (Å²) in [5, 5.41) is 20.4. The lowest BCUT2D eigenvalue weighted by Crippen LogP contribution is -2.25. The van der Waals surface area contributed by atoms with Gasteiger partial charge in [-0.05, 0) is 18.2 Å². The number of benzene rings is 1. The molecule has 0 aliphatic carbocycles. The molecule has 0 atom stereocenters. The zero-order chi connectivity index (χ0) is 14.7. The Morgan fingerprint density at radius 3 is 2.50 bits per heavy atom. The number of aromatic nitrogens is 2. The molecule has 20 heavy (non-hydrogen) atoms. The van der Waals surface area contributed by atoms with Gasteiger partial charge in [0, 0.05) is 5.56 Å². The first-order valence-electron chi connectivity index (χ1n) is 5.46. The summed E-state index contributed by atoms with van der Waals surface area (Å²) in [4.78, 5) is 36.4. The van der Waals surface area contributed by atoms with Crippen molar-refractivity contribution in [2.45, 2.75) is 0 Å². The maximum absolute atomic E-state index is 11.4. The molecule has 1 heterocycles. The van der Waals surface area contributed by atoms with Gasteiger partial charge in [-0.3, -0.25) is 19.9 Å². The molecule has 0 amide bonds. The van der Waals surface area contributed by atoms with E-state index >= 15 is 0 Å². The maximum atomic E-state index is 11.4. The minimum absolute atomic E-state index is 0.0291. The zero-order valence-corrected chi connectivity index (χ0v) is 9.99. The second-order valence-corrected chi connectivity index (χ2v) is 3.82. The van der Waals surface area contributed by atoms with Crippen LogP contribution in [0.5, 0.6) is 5.75 Å². The fourth-order valence-electron chi connectivity index (χ4n) is 1.60. The number of rotatable bonds is 3. The molecule has 0 saturated carbocycles. The van der Waals surface area contributed by atoms with Crippen molar-refractivity contribution >= 4 is 17.8 Å². The van der Waals surface area contributed by atoms with Gasteiger partial charge < -0.3 is 10.1 Å². The van der Waals surface area contributed by atoms with E-state index in [4.69, 9.17) is 0 Å². The SMILES string of the molecule is O=c1[nH]c(C=Cc2ccccc2O)c([N+](=O)[O-])c(=O)[nH]1. The largest absolute Gasteiger partial charge is 0.507 e. The fraction of sp³-hybridized carbons (Fsp3) is 0. The van der Waals surface area contributed by atoms with Gasteiger partial charge in [0.1, 0.15) is 11.4 Å². The minimum Gasteiger partial charge on any atom is -0.507 e. The normalized spacial score (nSPS) is 10.8. The van der Waals surface area contributed by atoms with Crippen LogP contribution in [0.15, 0.2) is 33.9 Å². The molecule has 1 aromatic heterocycles. The molecule has 102 valence electrons. The third kappa shape index (κ3) is 2.64. The molecular weight excluding hydrogens is 266 g/mol. The van der Waals surface area contributed by atoms with Crippen LogP contribution < -0.4 is 11.2 Å². The minimum atomic E-state index is -1.09. The Kier molecular flexibility index (Phi) is 3.47. The number of hydrogen-bond donors (Lipinski definition) is 3. The van der Waals surface area contributed by atoms with Gasteiger partial charge in [-0.15, -0.1) is 0 Å². The molecule has 0 radical (unpaired) electrons. The van der Waals surface area contributed by atoms with Crippen LogP contribution in [0.4, 0.5) is 5.69 Å². The molecule has 1 aromatic carbocycles. The topological polar surface area (TPSA) is 129 Å². The van der Waals surface area contributed by atoms with E-state index < -0.39 is 21.9 Å². The summed E-state index contributed by atoms with van der Waals surface area (Å²) < 4.78 is 0. The molecule has 0 bridgehead atoms. The highest BCUT2D eigenvalue weighted by atomic mass is 16.6. The molecule has 8 heteroatoms. The highest BCUT2D eigenvalue weighted by Crippen LogP contribution is 2.19. The molecule has 8 nitrogen and oxygen atoms in total. The lowest BCUT2D eigenvalue weighted by Gasteiger charge is -1.98. The molecule has 0 aliphatic heterocycles. The van der Waals surface area contributed by atoms with Crippen LogP contribution in [0.2, 0.25) is 0 Å². The Labute approximate surface area is 111 Å². The van der Waals surface area contributed by atoms with Gasteiger partial charge in [0.25, 0.3) is 0 Å². The van der Waals surface area contributed by atoms with Gasteiger partial charge in [0.15, 0.2) is 0 Å². The van der Waals surface area contributed by atoms with E-state index in [9.17, 15) is 24.8 Å². The lowest BCUT2D eigenvalue weighted by atomic mass is 10.1. The van der Waals surface area contributed by atoms with E-state index in [0.717, 1.165) is 0 Å². The summed E-state index contributed by atoms with van der Waals surface area (Å²) in [5.74, 6) is -0.0291. The molecule has 0 fully saturated rings. The Hall–Kier alpha value is -3.16. The summed E-state index contributed by atoms with van der Waals surface area (Å²) >= 11 is 0. The maximum Gasteiger partial charge on any atom is 0.357 e. The summed E-state index contributed by atoms with van der Waals surface area (Å²) in [6.45, 7) is 0. The Bertz CT molecular complexity index is 803. The van der Waals surface area contributed by atoms with Crippen LogP contribution in [0, 0.1) is 10.1 Å². The average Bonchev–Trinajstić information content (AvgIpc) is 2.36. The predicted octanol–water partition coefficient (Wildman–Crippen LogP) is 0.847. The van der Waals surface area contributed by atoms with Crippen molar-refractivity contribution in [2.24, 2.45) is 0 Å². The van der Waals surface area contributed by atoms with Gasteiger partial charge in [-0.25, -0.2) is 4.79 Å². The number of aromatic amines is 2. The van der Waals surface area contributed by atoms with Gasteiger partial charge in [-0.1, -0.05) is 18.2 Å². The molecule has 0 unspecified atom stereocenters. The first kappa shape index (κ1) is 13.3. The number of aromatic hydroxyl groups is 1. The molecule has 0 spiro atoms. The van der Waals surface area contributed by atoms with E-state index in [0.29, 0.717) is 5.56 Å². The van der Waals surface area contributed by atoms with Crippen molar-refractivity contribution < 1.29 is 10.0 Å². The van der Waals surface area contributed by atoms with E-state index in [1.807, 2.05) is 0 Å². The fourth-order valence-corrected chi connectivity index (χ4v) is 1.60. The highest BCUT2D eigenvalue weighted by molar-refractivity contribution is 5.73. The van der Waals surface area contributed by atoms with Crippen LogP contribution in [-0.2, 0) is 0 Å². The van der Waals surface area contributed by atoms with Gasteiger partial charge in [-0.2, -0.15) is 0 Å². The Morgan fingerprint density at radius 2 is 1.85 bits per heavy atom. The predicted molar refractivity (Wildman–Crippen MR) is 71.4 cm³/mol. The zero-order valence-electron chi connectivity index (χ0n) is 9.99. The third-order valence-electron chi connectivity index (χ3n) is 2.49. The number of phenols is 1. The van der Waals surface area contributed by atoms with E-state index in [1.54, 1.807) is 23.2 Å². The Morgan fingerprint density at radius 1 is 1.15 bits per heavy atom. The Balaban J connectivity index is 2.54. The van der Waals surface area contributed by atoms with Crippen molar-refractivity contribution in [1.29, 1.82) is 0 Å². The summed E-state index contributed by atoms with van der Waals surface area (Å²) in [7, 11) is 0. The number of hydrogen-bond acceptors (Lipinski definition) is 5. The quantitative estimate of drug-likeness (QED) is 0.564. The number of nitrogens with one attached hydrogen (secondary N) is 2. The first-order valence-corrected chi connectivity index (χ1v) is 5.46. The van der Waals surface area contributed by atoms with Crippen molar-refractivity contribution in [3.8, 4) is 5.75 Å². The van der Waals surface area contributed by atoms with Crippen molar-refractivity contribution in [3.05, 3.63) is 66.5 Å². The number of phenolic OH excluding ortho intramolecular Hbond substituents is 1. The molecule has 0 saturated heterocycles. The van der Waals surface area contributed by atoms with Gasteiger partial charge >= 0.3 is 16.9 Å². The standard InChI is InChI=1S/C12H9N3O5/c16-9-4-2-1-3-7(9)5-6-8-10(15(19)20)11(17)14-12(18)13-8/h1-6,16H,(H2,13,14,17,18). The molecule has 3 N–H and O–H groups in total. The monoisotopic (exact) mass is 275 g/mol. The molecule has 2 rings (SSSR count). The number of H-pyrrole nitrogens is 2. The molecule has 0 aliphatic rings. The second-order valence-electron chi connectivity index (χ2n) is 3.82. The van der Waals surface area contributed by atoms with Crippen molar-refractivity contribution in [1.82, 2.24) is 9.97 Å². The second kappa shape index (κ2) is 5.22. The summed E-state index contributed by atoms with van der Waals surface area (Å²) in [6.07, 6.45) is 2.54. The van der Waals surface area contributed by atoms with E-state index in [1.165, 1.54) is 18.2 Å². The van der Waals surface area contributed by atoms with Crippen molar-refractivity contribution in [3.63, 3.8) is 0 Å². The summed E-state index contributed by atoms with van der Waals surface area (Å²) in [6, 6.07) is 6.29. The number of nitro groups is 1. The van der Waals surface area contributed by atoms with Crippen LogP contribution in [0.1, 0.15) is 11.3 Å². The smallest absolute Gasteiger partial charge is 0.357 e.